The average Bonchev–Trinajstić information content (AvgIpc) is 3.21. The fourth-order valence-corrected chi connectivity index (χ4v) is 3.52. The molecule has 4 rings (SSSR count). The molecule has 2 N–H and O–H groups in total. The molecule has 0 amide bonds. The van der Waals surface area contributed by atoms with Crippen LogP contribution >= 0.6 is 11.3 Å². The number of hydrogen-bond donors (Lipinski definition) is 2. The van der Waals surface area contributed by atoms with E-state index in [1.54, 1.807) is 41.7 Å². The summed E-state index contributed by atoms with van der Waals surface area (Å²) in [6, 6.07) is 12.3. The minimum atomic E-state index is 0.173. The Kier molecular flexibility index (Phi) is 3.40. The van der Waals surface area contributed by atoms with Crippen molar-refractivity contribution in [1.29, 1.82) is 0 Å². The Balaban J connectivity index is 2.10. The number of aromatic hydroxyl groups is 2. The third kappa shape index (κ3) is 2.28. The fourth-order valence-electron chi connectivity index (χ4n) is 2.87. The van der Waals surface area contributed by atoms with Crippen LogP contribution in [0, 0.1) is 0 Å². The van der Waals surface area contributed by atoms with Crippen LogP contribution in [0.15, 0.2) is 64.2 Å². The van der Waals surface area contributed by atoms with E-state index in [-0.39, 0.29) is 11.5 Å². The van der Waals surface area contributed by atoms with Gasteiger partial charge in [-0.25, -0.2) is 0 Å². The molecule has 3 nitrogen and oxygen atoms in total. The van der Waals surface area contributed by atoms with E-state index in [2.05, 4.69) is 6.58 Å². The van der Waals surface area contributed by atoms with Crippen molar-refractivity contribution in [3.63, 3.8) is 0 Å². The van der Waals surface area contributed by atoms with Crippen LogP contribution in [0.5, 0.6) is 11.5 Å². The Labute approximate surface area is 142 Å². The van der Waals surface area contributed by atoms with Crippen molar-refractivity contribution in [1.82, 2.24) is 0 Å². The molecule has 0 radical (unpaired) electrons. The smallest absolute Gasteiger partial charge is 0.143 e. The summed E-state index contributed by atoms with van der Waals surface area (Å²) < 4.78 is 6.17. The van der Waals surface area contributed by atoms with Crippen molar-refractivity contribution in [2.45, 2.75) is 0 Å². The molecule has 0 unspecified atom stereocenters. The van der Waals surface area contributed by atoms with E-state index in [9.17, 15) is 10.2 Å². The van der Waals surface area contributed by atoms with Gasteiger partial charge in [0.05, 0.1) is 0 Å². The summed E-state index contributed by atoms with van der Waals surface area (Å²) in [7, 11) is 0. The van der Waals surface area contributed by atoms with Crippen molar-refractivity contribution in [2.75, 3.05) is 0 Å². The minimum absolute atomic E-state index is 0.173. The van der Waals surface area contributed by atoms with Crippen molar-refractivity contribution < 1.29 is 14.6 Å². The Hall–Kier alpha value is -2.98. The van der Waals surface area contributed by atoms with Gasteiger partial charge in [-0.15, -0.1) is 0 Å². The second-order valence-corrected chi connectivity index (χ2v) is 6.26. The number of furan rings is 1. The van der Waals surface area contributed by atoms with E-state index < -0.39 is 0 Å². The van der Waals surface area contributed by atoms with Crippen molar-refractivity contribution >= 4 is 28.4 Å². The maximum absolute atomic E-state index is 10.1. The van der Waals surface area contributed by atoms with E-state index in [1.165, 1.54) is 0 Å². The predicted molar refractivity (Wildman–Crippen MR) is 98.4 cm³/mol. The third-order valence-corrected chi connectivity index (χ3v) is 4.65. The Morgan fingerprint density at radius 1 is 0.958 bits per heavy atom. The van der Waals surface area contributed by atoms with E-state index in [0.717, 1.165) is 27.6 Å². The number of rotatable bonds is 3. The summed E-state index contributed by atoms with van der Waals surface area (Å²) in [6.45, 7) is 3.81. The normalized spacial score (nSPS) is 11.0. The summed E-state index contributed by atoms with van der Waals surface area (Å²) >= 11 is 1.60. The highest BCUT2D eigenvalue weighted by molar-refractivity contribution is 7.08. The van der Waals surface area contributed by atoms with E-state index in [0.29, 0.717) is 11.3 Å². The fraction of sp³-hybridized carbons (Fsp3) is 0. The largest absolute Gasteiger partial charge is 0.508 e. The molecular weight excluding hydrogens is 320 g/mol. The zero-order valence-electron chi connectivity index (χ0n) is 12.7. The van der Waals surface area contributed by atoms with Gasteiger partial charge in [-0.3, -0.25) is 0 Å². The molecule has 2 aromatic carbocycles. The van der Waals surface area contributed by atoms with Gasteiger partial charge in [-0.05, 0) is 58.8 Å². The summed E-state index contributed by atoms with van der Waals surface area (Å²) in [5.41, 5.74) is 4.25. The molecule has 4 heteroatoms. The Morgan fingerprint density at radius 2 is 1.75 bits per heavy atom. The molecular formula is C20H14O3S. The highest BCUT2D eigenvalue weighted by Crippen LogP contribution is 2.44. The van der Waals surface area contributed by atoms with Crippen LogP contribution in [0.3, 0.4) is 0 Å². The first kappa shape index (κ1) is 14.6. The summed E-state index contributed by atoms with van der Waals surface area (Å²) in [5, 5.41) is 24.5. The van der Waals surface area contributed by atoms with Gasteiger partial charge in [-0.1, -0.05) is 12.7 Å². The standard InChI is InChI=1S/C20H14O3S/c1-2-12-9-16(22)10-17-18(14-7-8-24-11-14)20(23-19(12)17)13-3-5-15(21)6-4-13/h2-11,21-22H,1H2. The van der Waals surface area contributed by atoms with Gasteiger partial charge < -0.3 is 14.6 Å². The van der Waals surface area contributed by atoms with Crippen molar-refractivity contribution in [3.8, 4) is 33.9 Å². The van der Waals surface area contributed by atoms with Crippen LogP contribution < -0.4 is 0 Å². The number of phenolic OH excluding ortho intramolecular Hbond substituents is 2. The molecule has 2 heterocycles. The quantitative estimate of drug-likeness (QED) is 0.492. The molecule has 0 aliphatic heterocycles. The molecule has 0 aliphatic rings. The number of fused-ring (bicyclic) bond motifs is 1. The molecule has 0 aliphatic carbocycles. The van der Waals surface area contributed by atoms with E-state index >= 15 is 0 Å². The maximum atomic E-state index is 10.1. The molecule has 0 saturated carbocycles. The Morgan fingerprint density at radius 3 is 2.42 bits per heavy atom. The summed E-state index contributed by atoms with van der Waals surface area (Å²) in [6.07, 6.45) is 1.67. The average molecular weight is 334 g/mol. The molecule has 24 heavy (non-hydrogen) atoms. The molecule has 0 bridgehead atoms. The topological polar surface area (TPSA) is 53.6 Å². The second-order valence-electron chi connectivity index (χ2n) is 5.48. The van der Waals surface area contributed by atoms with Gasteiger partial charge in [0, 0.05) is 22.1 Å². The van der Waals surface area contributed by atoms with Gasteiger partial charge in [0.15, 0.2) is 0 Å². The lowest BCUT2D eigenvalue weighted by Crippen LogP contribution is -1.79. The van der Waals surface area contributed by atoms with Crippen LogP contribution in [0.4, 0.5) is 0 Å². The lowest BCUT2D eigenvalue weighted by molar-refractivity contribution is 0.475. The lowest BCUT2D eigenvalue weighted by atomic mass is 9.99. The van der Waals surface area contributed by atoms with Crippen LogP contribution in [0.1, 0.15) is 5.56 Å². The summed E-state index contributed by atoms with van der Waals surface area (Å²) in [4.78, 5) is 0. The Bertz CT molecular complexity index is 1030. The lowest BCUT2D eigenvalue weighted by Gasteiger charge is -2.02. The van der Waals surface area contributed by atoms with Crippen LogP contribution in [0.25, 0.3) is 39.5 Å². The monoisotopic (exact) mass is 334 g/mol. The number of phenols is 2. The molecule has 0 saturated heterocycles. The zero-order valence-corrected chi connectivity index (χ0v) is 13.5. The second kappa shape index (κ2) is 5.58. The van der Waals surface area contributed by atoms with E-state index in [1.807, 2.05) is 29.0 Å². The van der Waals surface area contributed by atoms with E-state index in [4.69, 9.17) is 4.42 Å². The number of hydrogen-bond acceptors (Lipinski definition) is 4. The van der Waals surface area contributed by atoms with Crippen LogP contribution in [0.2, 0.25) is 0 Å². The molecule has 0 spiro atoms. The first-order chi connectivity index (χ1) is 11.7. The minimum Gasteiger partial charge on any atom is -0.508 e. The van der Waals surface area contributed by atoms with Gasteiger partial charge in [0.25, 0.3) is 0 Å². The van der Waals surface area contributed by atoms with Gasteiger partial charge in [0.2, 0.25) is 0 Å². The maximum Gasteiger partial charge on any atom is 0.143 e. The predicted octanol–water partition coefficient (Wildman–Crippen LogP) is 5.88. The van der Waals surface area contributed by atoms with Crippen LogP contribution in [-0.4, -0.2) is 10.2 Å². The number of thiophene rings is 1. The first-order valence-corrected chi connectivity index (χ1v) is 8.35. The molecule has 4 aromatic rings. The highest BCUT2D eigenvalue weighted by atomic mass is 32.1. The van der Waals surface area contributed by atoms with Crippen molar-refractivity contribution in [2.24, 2.45) is 0 Å². The highest BCUT2D eigenvalue weighted by Gasteiger charge is 2.20. The first-order valence-electron chi connectivity index (χ1n) is 7.41. The molecule has 118 valence electrons. The molecule has 0 fully saturated rings. The van der Waals surface area contributed by atoms with Crippen LogP contribution in [-0.2, 0) is 0 Å². The van der Waals surface area contributed by atoms with Gasteiger partial charge >= 0.3 is 0 Å². The number of benzene rings is 2. The summed E-state index contributed by atoms with van der Waals surface area (Å²) in [5.74, 6) is 1.08. The molecule has 2 aromatic heterocycles. The van der Waals surface area contributed by atoms with Crippen molar-refractivity contribution in [3.05, 3.63) is 65.4 Å². The zero-order chi connectivity index (χ0) is 16.7. The SMILES string of the molecule is C=Cc1cc(O)cc2c(-c3ccsc3)c(-c3ccc(O)cc3)oc12. The van der Waals surface area contributed by atoms with Gasteiger partial charge in [-0.2, -0.15) is 11.3 Å². The third-order valence-electron chi connectivity index (χ3n) is 3.96. The van der Waals surface area contributed by atoms with Gasteiger partial charge in [0.1, 0.15) is 22.8 Å². The molecule has 0 atom stereocenters.